The van der Waals surface area contributed by atoms with Gasteiger partial charge in [0, 0.05) is 30.7 Å². The van der Waals surface area contributed by atoms with Gasteiger partial charge >= 0.3 is 5.97 Å². The summed E-state index contributed by atoms with van der Waals surface area (Å²) in [4.78, 5) is 27.3. The highest BCUT2D eigenvalue weighted by atomic mass is 16.5. The van der Waals surface area contributed by atoms with Crippen molar-refractivity contribution in [3.05, 3.63) is 47.2 Å². The minimum atomic E-state index is -0.312. The first-order chi connectivity index (χ1) is 11.5. The lowest BCUT2D eigenvalue weighted by molar-refractivity contribution is 0.0268. The number of nitrogens with zero attached hydrogens (tertiary/aromatic N) is 4. The van der Waals surface area contributed by atoms with Gasteiger partial charge in [0.05, 0.1) is 12.1 Å². The van der Waals surface area contributed by atoms with E-state index < -0.39 is 0 Å². The van der Waals surface area contributed by atoms with Crippen LogP contribution < -0.4 is 4.90 Å². The first kappa shape index (κ1) is 16.4. The zero-order valence-corrected chi connectivity index (χ0v) is 14.3. The van der Waals surface area contributed by atoms with Gasteiger partial charge in [0.1, 0.15) is 17.7 Å². The van der Waals surface area contributed by atoms with E-state index >= 15 is 0 Å². The zero-order chi connectivity index (χ0) is 17.1. The largest absolute Gasteiger partial charge is 0.457 e. The fourth-order valence-electron chi connectivity index (χ4n) is 2.99. The molecule has 0 aromatic carbocycles. The van der Waals surface area contributed by atoms with Crippen molar-refractivity contribution in [3.8, 4) is 0 Å². The van der Waals surface area contributed by atoms with Crippen molar-refractivity contribution in [2.75, 3.05) is 18.0 Å². The van der Waals surface area contributed by atoms with Crippen molar-refractivity contribution in [1.82, 2.24) is 15.0 Å². The van der Waals surface area contributed by atoms with E-state index in [4.69, 9.17) is 4.74 Å². The van der Waals surface area contributed by atoms with Crippen LogP contribution in [0.3, 0.4) is 0 Å². The molecule has 6 nitrogen and oxygen atoms in total. The third-order valence-electron chi connectivity index (χ3n) is 4.04. The molecule has 6 heteroatoms. The number of esters is 1. The van der Waals surface area contributed by atoms with Gasteiger partial charge in [0.15, 0.2) is 0 Å². The maximum absolute atomic E-state index is 12.3. The minimum Gasteiger partial charge on any atom is -0.457 e. The van der Waals surface area contributed by atoms with Gasteiger partial charge in [-0.1, -0.05) is 0 Å². The molecule has 3 heterocycles. The highest BCUT2D eigenvalue weighted by Crippen LogP contribution is 2.21. The van der Waals surface area contributed by atoms with E-state index in [0.29, 0.717) is 12.1 Å². The number of carbonyl (C=O) groups excluding carboxylic acids is 1. The number of piperidine rings is 1. The summed E-state index contributed by atoms with van der Waals surface area (Å²) in [5.41, 5.74) is 2.39. The molecule has 0 radical (unpaired) electrons. The van der Waals surface area contributed by atoms with Crippen LogP contribution in [0.2, 0.25) is 0 Å². The molecule has 0 bridgehead atoms. The molecule has 0 saturated carbocycles. The molecule has 1 aliphatic rings. The monoisotopic (exact) mass is 326 g/mol. The molecular formula is C18H22N4O2. The van der Waals surface area contributed by atoms with Gasteiger partial charge in [0.25, 0.3) is 0 Å². The summed E-state index contributed by atoms with van der Waals surface area (Å²) in [5.74, 6) is 1.35. The Morgan fingerprint density at radius 3 is 2.79 bits per heavy atom. The number of ether oxygens (including phenoxy) is 1. The summed E-state index contributed by atoms with van der Waals surface area (Å²) in [6.45, 7) is 7.33. The molecule has 2 aromatic heterocycles. The normalized spacial score (nSPS) is 17.6. The summed E-state index contributed by atoms with van der Waals surface area (Å²) in [5, 5.41) is 0. The molecule has 0 amide bonds. The van der Waals surface area contributed by atoms with Crippen molar-refractivity contribution < 1.29 is 9.53 Å². The number of anilines is 1. The first-order valence-corrected chi connectivity index (χ1v) is 8.21. The highest BCUT2D eigenvalue weighted by molar-refractivity contribution is 5.89. The molecule has 0 aliphatic carbocycles. The van der Waals surface area contributed by atoms with Gasteiger partial charge in [-0.05, 0) is 45.2 Å². The Morgan fingerprint density at radius 2 is 2.04 bits per heavy atom. The lowest BCUT2D eigenvalue weighted by atomic mass is 10.1. The standard InChI is InChI=1S/C18H22N4O2/c1-12-7-15(10-19-9-12)18(23)24-16-5-4-6-22(11-16)17-8-13(2)20-14(3)21-17/h7-10,16H,4-6,11H2,1-3H3/t16-/m1/s1. The number of rotatable bonds is 3. The van der Waals surface area contributed by atoms with E-state index in [1.54, 1.807) is 18.5 Å². The quantitative estimate of drug-likeness (QED) is 0.808. The summed E-state index contributed by atoms with van der Waals surface area (Å²) in [6.07, 6.45) is 4.96. The van der Waals surface area contributed by atoms with Crippen LogP contribution >= 0.6 is 0 Å². The average Bonchev–Trinajstić information content (AvgIpc) is 2.54. The smallest absolute Gasteiger partial charge is 0.340 e. The Bertz CT molecular complexity index is 727. The second kappa shape index (κ2) is 6.95. The SMILES string of the molecule is Cc1cncc(C(=O)O[C@@H]2CCCN(c3cc(C)nc(C)n3)C2)c1. The maximum atomic E-state index is 12.3. The molecule has 1 fully saturated rings. The summed E-state index contributed by atoms with van der Waals surface area (Å²) < 4.78 is 5.68. The summed E-state index contributed by atoms with van der Waals surface area (Å²) in [6, 6.07) is 3.77. The Labute approximate surface area is 141 Å². The number of pyridine rings is 1. The fraction of sp³-hybridized carbons (Fsp3) is 0.444. The molecular weight excluding hydrogens is 304 g/mol. The topological polar surface area (TPSA) is 68.2 Å². The van der Waals surface area contributed by atoms with E-state index in [1.165, 1.54) is 0 Å². The number of hydrogen-bond acceptors (Lipinski definition) is 6. The van der Waals surface area contributed by atoms with Crippen molar-refractivity contribution in [1.29, 1.82) is 0 Å². The van der Waals surface area contributed by atoms with Crippen LogP contribution in [-0.4, -0.2) is 40.1 Å². The fourth-order valence-corrected chi connectivity index (χ4v) is 2.99. The van der Waals surface area contributed by atoms with Crippen molar-refractivity contribution in [2.45, 2.75) is 39.7 Å². The molecule has 3 rings (SSSR count). The Hall–Kier alpha value is -2.50. The summed E-state index contributed by atoms with van der Waals surface area (Å²) >= 11 is 0. The molecule has 1 atom stereocenters. The van der Waals surface area contributed by atoms with Gasteiger partial charge in [-0.3, -0.25) is 4.98 Å². The van der Waals surface area contributed by atoms with Crippen LogP contribution in [0.1, 0.15) is 40.3 Å². The van der Waals surface area contributed by atoms with Gasteiger partial charge in [-0.25, -0.2) is 14.8 Å². The number of aromatic nitrogens is 3. The first-order valence-electron chi connectivity index (χ1n) is 8.21. The van der Waals surface area contributed by atoms with E-state index in [1.807, 2.05) is 26.8 Å². The Morgan fingerprint density at radius 1 is 1.21 bits per heavy atom. The molecule has 1 saturated heterocycles. The van der Waals surface area contributed by atoms with Crippen LogP contribution in [0, 0.1) is 20.8 Å². The maximum Gasteiger partial charge on any atom is 0.340 e. The van der Waals surface area contributed by atoms with Crippen molar-refractivity contribution in [2.24, 2.45) is 0 Å². The number of aryl methyl sites for hydroxylation is 3. The van der Waals surface area contributed by atoms with E-state index in [2.05, 4.69) is 19.9 Å². The second-order valence-corrected chi connectivity index (χ2v) is 6.28. The van der Waals surface area contributed by atoms with Crippen LogP contribution in [-0.2, 0) is 4.74 Å². The third-order valence-corrected chi connectivity index (χ3v) is 4.04. The van der Waals surface area contributed by atoms with E-state index in [0.717, 1.165) is 42.3 Å². The molecule has 0 spiro atoms. The Kier molecular flexibility index (Phi) is 4.74. The summed E-state index contributed by atoms with van der Waals surface area (Å²) in [7, 11) is 0. The number of hydrogen-bond donors (Lipinski definition) is 0. The van der Waals surface area contributed by atoms with Gasteiger partial charge in [-0.2, -0.15) is 0 Å². The lowest BCUT2D eigenvalue weighted by Crippen LogP contribution is -2.41. The highest BCUT2D eigenvalue weighted by Gasteiger charge is 2.25. The van der Waals surface area contributed by atoms with Crippen LogP contribution in [0.4, 0.5) is 5.82 Å². The van der Waals surface area contributed by atoms with Gasteiger partial charge in [-0.15, -0.1) is 0 Å². The van der Waals surface area contributed by atoms with E-state index in [9.17, 15) is 4.79 Å². The average molecular weight is 326 g/mol. The van der Waals surface area contributed by atoms with Gasteiger partial charge < -0.3 is 9.64 Å². The predicted molar refractivity (Wildman–Crippen MR) is 91.1 cm³/mol. The second-order valence-electron chi connectivity index (χ2n) is 6.28. The van der Waals surface area contributed by atoms with Crippen molar-refractivity contribution in [3.63, 3.8) is 0 Å². The van der Waals surface area contributed by atoms with E-state index in [-0.39, 0.29) is 12.1 Å². The molecule has 2 aromatic rings. The molecule has 126 valence electrons. The third kappa shape index (κ3) is 3.88. The van der Waals surface area contributed by atoms with Crippen LogP contribution in [0.15, 0.2) is 24.5 Å². The number of carbonyl (C=O) groups is 1. The lowest BCUT2D eigenvalue weighted by Gasteiger charge is -2.33. The predicted octanol–water partition coefficient (Wildman–Crippen LogP) is 2.62. The zero-order valence-electron chi connectivity index (χ0n) is 14.3. The van der Waals surface area contributed by atoms with Gasteiger partial charge in [0.2, 0.25) is 0 Å². The molecule has 24 heavy (non-hydrogen) atoms. The molecule has 1 aliphatic heterocycles. The molecule has 0 N–H and O–H groups in total. The molecule has 0 unspecified atom stereocenters. The Balaban J connectivity index is 1.68. The van der Waals surface area contributed by atoms with Crippen LogP contribution in [0.5, 0.6) is 0 Å². The van der Waals surface area contributed by atoms with Crippen LogP contribution in [0.25, 0.3) is 0 Å². The van der Waals surface area contributed by atoms with Crippen molar-refractivity contribution >= 4 is 11.8 Å². The minimum absolute atomic E-state index is 0.137.